The van der Waals surface area contributed by atoms with Gasteiger partial charge in [0.25, 0.3) is 0 Å². The van der Waals surface area contributed by atoms with E-state index in [4.69, 9.17) is 4.74 Å². The second kappa shape index (κ2) is 12.4. The summed E-state index contributed by atoms with van der Waals surface area (Å²) in [6.45, 7) is 11.7. The van der Waals surface area contributed by atoms with Crippen molar-refractivity contribution >= 4 is 29.9 Å². The minimum absolute atomic E-state index is 0. The van der Waals surface area contributed by atoms with E-state index in [1.54, 1.807) is 0 Å². The molecule has 1 fully saturated rings. The Morgan fingerprint density at radius 2 is 2.12 bits per heavy atom. The van der Waals surface area contributed by atoms with Crippen LogP contribution in [0.15, 0.2) is 29.3 Å². The number of hydrogen-bond acceptors (Lipinski definition) is 3. The molecule has 0 bridgehead atoms. The van der Waals surface area contributed by atoms with Crippen molar-refractivity contribution in [1.29, 1.82) is 0 Å². The Bertz CT molecular complexity index is 552. The van der Waals surface area contributed by atoms with Gasteiger partial charge in [-0.1, -0.05) is 25.1 Å². The Morgan fingerprint density at radius 3 is 2.81 bits per heavy atom. The molecule has 26 heavy (non-hydrogen) atoms. The Balaban J connectivity index is 0.00000338. The van der Waals surface area contributed by atoms with E-state index in [-0.39, 0.29) is 30.1 Å². The standard InChI is InChI=1S/C20H34N4O.HI/c1-5-24-12-8-10-18(15-24)14-23-20(21-4)22-13-17(3)25-19-11-7-6-9-16(19)2;/h6-7,9,11,17-18H,5,8,10,12-15H2,1-4H3,(H2,21,22,23);1H. The van der Waals surface area contributed by atoms with Crippen molar-refractivity contribution < 1.29 is 4.74 Å². The molecular weight excluding hydrogens is 439 g/mol. The highest BCUT2D eigenvalue weighted by molar-refractivity contribution is 14.0. The van der Waals surface area contributed by atoms with E-state index in [9.17, 15) is 0 Å². The van der Waals surface area contributed by atoms with Crippen LogP contribution in [0.3, 0.4) is 0 Å². The van der Waals surface area contributed by atoms with Crippen molar-refractivity contribution in [2.45, 2.75) is 39.7 Å². The first-order valence-corrected chi connectivity index (χ1v) is 9.51. The molecule has 5 nitrogen and oxygen atoms in total. The van der Waals surface area contributed by atoms with Crippen LogP contribution in [0.1, 0.15) is 32.3 Å². The lowest BCUT2D eigenvalue weighted by Gasteiger charge is -2.32. The van der Waals surface area contributed by atoms with Gasteiger partial charge in [-0.05, 0) is 57.3 Å². The predicted octanol–water partition coefficient (Wildman–Crippen LogP) is 3.28. The predicted molar refractivity (Wildman–Crippen MR) is 121 cm³/mol. The molecule has 6 heteroatoms. The molecule has 1 aromatic rings. The number of para-hydroxylation sites is 1. The van der Waals surface area contributed by atoms with Gasteiger partial charge in [-0.2, -0.15) is 0 Å². The second-order valence-electron chi connectivity index (χ2n) is 6.93. The third-order valence-corrected chi connectivity index (χ3v) is 4.81. The van der Waals surface area contributed by atoms with Gasteiger partial charge in [0, 0.05) is 20.1 Å². The molecule has 0 amide bonds. The lowest BCUT2D eigenvalue weighted by atomic mass is 9.98. The number of aryl methyl sites for hydroxylation is 1. The number of likely N-dealkylation sites (tertiary alicyclic amines) is 1. The van der Waals surface area contributed by atoms with E-state index >= 15 is 0 Å². The minimum atomic E-state index is 0. The molecular formula is C20H35IN4O. The van der Waals surface area contributed by atoms with Gasteiger partial charge in [0.1, 0.15) is 11.9 Å². The summed E-state index contributed by atoms with van der Waals surface area (Å²) in [5, 5.41) is 6.85. The van der Waals surface area contributed by atoms with E-state index in [1.807, 2.05) is 25.2 Å². The first kappa shape index (κ1) is 23.0. The summed E-state index contributed by atoms with van der Waals surface area (Å²) in [6.07, 6.45) is 2.67. The Kier molecular flexibility index (Phi) is 11.0. The molecule has 0 saturated carbocycles. The zero-order valence-electron chi connectivity index (χ0n) is 16.6. The number of piperidine rings is 1. The highest BCUT2D eigenvalue weighted by Gasteiger charge is 2.18. The highest BCUT2D eigenvalue weighted by Crippen LogP contribution is 2.17. The highest BCUT2D eigenvalue weighted by atomic mass is 127. The molecule has 0 radical (unpaired) electrons. The number of halogens is 1. The number of nitrogens with one attached hydrogen (secondary N) is 2. The third kappa shape index (κ3) is 7.70. The van der Waals surface area contributed by atoms with Gasteiger partial charge < -0.3 is 20.3 Å². The van der Waals surface area contributed by atoms with Crippen molar-refractivity contribution in [3.63, 3.8) is 0 Å². The molecule has 148 valence electrons. The molecule has 0 aliphatic carbocycles. The van der Waals surface area contributed by atoms with Gasteiger partial charge in [-0.25, -0.2) is 0 Å². The largest absolute Gasteiger partial charge is 0.489 e. The van der Waals surface area contributed by atoms with E-state index in [0.717, 1.165) is 36.9 Å². The molecule has 0 aromatic heterocycles. The van der Waals surface area contributed by atoms with Crippen LogP contribution in [0.4, 0.5) is 0 Å². The fourth-order valence-corrected chi connectivity index (χ4v) is 3.25. The summed E-state index contributed by atoms with van der Waals surface area (Å²) in [5.41, 5.74) is 1.16. The Hall–Kier alpha value is -1.02. The van der Waals surface area contributed by atoms with Crippen LogP contribution < -0.4 is 15.4 Å². The normalized spacial score (nSPS) is 19.4. The molecule has 2 N–H and O–H groups in total. The molecule has 0 spiro atoms. The molecule has 1 aromatic carbocycles. The van der Waals surface area contributed by atoms with Crippen LogP contribution in [0.2, 0.25) is 0 Å². The number of hydrogen-bond donors (Lipinski definition) is 2. The van der Waals surface area contributed by atoms with Crippen molar-refractivity contribution in [1.82, 2.24) is 15.5 Å². The van der Waals surface area contributed by atoms with Crippen LogP contribution in [0.25, 0.3) is 0 Å². The SMILES string of the molecule is CCN1CCCC(CNC(=NC)NCC(C)Oc2ccccc2C)C1.I. The number of benzene rings is 1. The average molecular weight is 474 g/mol. The summed E-state index contributed by atoms with van der Waals surface area (Å²) in [6, 6.07) is 8.12. The Morgan fingerprint density at radius 1 is 1.35 bits per heavy atom. The first-order chi connectivity index (χ1) is 12.1. The van der Waals surface area contributed by atoms with Crippen LogP contribution in [0.5, 0.6) is 5.75 Å². The van der Waals surface area contributed by atoms with Gasteiger partial charge in [0.15, 0.2) is 5.96 Å². The summed E-state index contributed by atoms with van der Waals surface area (Å²) in [5.74, 6) is 2.50. The van der Waals surface area contributed by atoms with Gasteiger partial charge >= 0.3 is 0 Å². The summed E-state index contributed by atoms with van der Waals surface area (Å²) >= 11 is 0. The number of rotatable bonds is 7. The van der Waals surface area contributed by atoms with Crippen molar-refractivity contribution in [3.8, 4) is 5.75 Å². The first-order valence-electron chi connectivity index (χ1n) is 9.51. The third-order valence-electron chi connectivity index (χ3n) is 4.81. The number of aliphatic imine (C=N–C) groups is 1. The van der Waals surface area contributed by atoms with Crippen LogP contribution in [-0.2, 0) is 0 Å². The van der Waals surface area contributed by atoms with Crippen LogP contribution >= 0.6 is 24.0 Å². The summed E-state index contributed by atoms with van der Waals surface area (Å²) in [7, 11) is 1.82. The minimum Gasteiger partial charge on any atom is -0.489 e. The molecule has 1 heterocycles. The molecule has 2 unspecified atom stereocenters. The van der Waals surface area contributed by atoms with Gasteiger partial charge in [0.2, 0.25) is 0 Å². The molecule has 2 atom stereocenters. The van der Waals surface area contributed by atoms with Gasteiger partial charge in [-0.3, -0.25) is 4.99 Å². The van der Waals surface area contributed by atoms with Gasteiger partial charge in [-0.15, -0.1) is 24.0 Å². The van der Waals surface area contributed by atoms with Gasteiger partial charge in [0.05, 0.1) is 6.54 Å². The maximum Gasteiger partial charge on any atom is 0.191 e. The fourth-order valence-electron chi connectivity index (χ4n) is 3.25. The zero-order valence-corrected chi connectivity index (χ0v) is 19.0. The monoisotopic (exact) mass is 474 g/mol. The lowest BCUT2D eigenvalue weighted by Crippen LogP contribution is -2.46. The topological polar surface area (TPSA) is 48.9 Å². The quantitative estimate of drug-likeness (QED) is 0.362. The number of guanidine groups is 1. The van der Waals surface area contributed by atoms with Crippen LogP contribution in [0, 0.1) is 12.8 Å². The van der Waals surface area contributed by atoms with Crippen molar-refractivity contribution in [2.75, 3.05) is 39.8 Å². The lowest BCUT2D eigenvalue weighted by molar-refractivity contribution is 0.183. The smallest absolute Gasteiger partial charge is 0.191 e. The fraction of sp³-hybridized carbons (Fsp3) is 0.650. The summed E-state index contributed by atoms with van der Waals surface area (Å²) < 4.78 is 6.01. The maximum absolute atomic E-state index is 6.01. The molecule has 2 rings (SSSR count). The van der Waals surface area contributed by atoms with E-state index < -0.39 is 0 Å². The van der Waals surface area contributed by atoms with Crippen molar-refractivity contribution in [2.24, 2.45) is 10.9 Å². The summed E-state index contributed by atoms with van der Waals surface area (Å²) in [4.78, 5) is 6.87. The Labute approximate surface area is 176 Å². The molecule has 1 aliphatic rings. The number of nitrogens with zero attached hydrogens (tertiary/aromatic N) is 2. The van der Waals surface area contributed by atoms with Crippen molar-refractivity contribution in [3.05, 3.63) is 29.8 Å². The average Bonchev–Trinajstić information content (AvgIpc) is 2.64. The van der Waals surface area contributed by atoms with E-state index in [1.165, 1.54) is 25.9 Å². The van der Waals surface area contributed by atoms with E-state index in [2.05, 4.69) is 47.4 Å². The van der Waals surface area contributed by atoms with Crippen LogP contribution in [-0.4, -0.2) is 56.7 Å². The maximum atomic E-state index is 6.01. The number of ether oxygens (including phenoxy) is 1. The molecule has 1 aliphatic heterocycles. The second-order valence-corrected chi connectivity index (χ2v) is 6.93. The zero-order chi connectivity index (χ0) is 18.1. The molecule has 1 saturated heterocycles. The van der Waals surface area contributed by atoms with E-state index in [0.29, 0.717) is 5.92 Å².